The first-order valence-corrected chi connectivity index (χ1v) is 4.86. The van der Waals surface area contributed by atoms with Gasteiger partial charge in [0.25, 0.3) is 0 Å². The maximum atomic E-state index is 9.23. The van der Waals surface area contributed by atoms with Crippen LogP contribution in [-0.4, -0.2) is 10.2 Å². The van der Waals surface area contributed by atoms with Gasteiger partial charge in [-0.15, -0.1) is 0 Å². The second kappa shape index (κ2) is 4.57. The summed E-state index contributed by atoms with van der Waals surface area (Å²) in [6, 6.07) is 14.8. The third-order valence-corrected chi connectivity index (χ3v) is 2.05. The molecule has 2 aromatic rings. The normalized spacial score (nSPS) is 10.0. The molecule has 0 aliphatic rings. The number of hydrogen-bond acceptors (Lipinski definition) is 3. The Morgan fingerprint density at radius 3 is 2.50 bits per heavy atom. The minimum absolute atomic E-state index is 0.0423. The highest BCUT2D eigenvalue weighted by atomic mass is 16.5. The summed E-state index contributed by atoms with van der Waals surface area (Å²) >= 11 is 0. The van der Waals surface area contributed by atoms with E-state index < -0.39 is 0 Å². The zero-order chi connectivity index (χ0) is 11.4. The van der Waals surface area contributed by atoms with Crippen LogP contribution in [0.5, 0.6) is 17.2 Å². The van der Waals surface area contributed by atoms with Gasteiger partial charge in [0.1, 0.15) is 23.9 Å². The maximum Gasteiger partial charge on any atom is 0.135 e. The lowest BCUT2D eigenvalue weighted by Crippen LogP contribution is -1.94. The minimum Gasteiger partial charge on any atom is -0.508 e. The zero-order valence-electron chi connectivity index (χ0n) is 8.55. The van der Waals surface area contributed by atoms with Gasteiger partial charge in [-0.1, -0.05) is 30.3 Å². The van der Waals surface area contributed by atoms with E-state index in [1.54, 1.807) is 0 Å². The smallest absolute Gasteiger partial charge is 0.135 e. The molecular formula is C13H11O3. The van der Waals surface area contributed by atoms with Crippen LogP contribution in [0.25, 0.3) is 0 Å². The molecule has 0 aromatic heterocycles. The van der Waals surface area contributed by atoms with Crippen LogP contribution in [0.2, 0.25) is 0 Å². The molecule has 0 aliphatic carbocycles. The number of phenolic OH excluding ortho intramolecular Hbond substituents is 2. The van der Waals surface area contributed by atoms with Gasteiger partial charge in [0.15, 0.2) is 0 Å². The van der Waals surface area contributed by atoms with Crippen LogP contribution in [0.4, 0.5) is 0 Å². The van der Waals surface area contributed by atoms with Crippen LogP contribution in [-0.2, 0) is 6.61 Å². The van der Waals surface area contributed by atoms with Gasteiger partial charge in [-0.3, -0.25) is 0 Å². The molecule has 0 unspecified atom stereocenters. The summed E-state index contributed by atoms with van der Waals surface area (Å²) < 4.78 is 5.38. The van der Waals surface area contributed by atoms with Gasteiger partial charge in [0.05, 0.1) is 6.07 Å². The van der Waals surface area contributed by atoms with Crippen molar-refractivity contribution in [3.63, 3.8) is 0 Å². The molecule has 0 heterocycles. The Morgan fingerprint density at radius 1 is 1.06 bits per heavy atom. The van der Waals surface area contributed by atoms with Crippen molar-refractivity contribution < 1.29 is 14.9 Å². The second-order valence-corrected chi connectivity index (χ2v) is 3.36. The Balaban J connectivity index is 2.05. The number of aromatic hydroxyl groups is 2. The fourth-order valence-electron chi connectivity index (χ4n) is 1.33. The Morgan fingerprint density at radius 2 is 1.81 bits per heavy atom. The summed E-state index contributed by atoms with van der Waals surface area (Å²) in [6.45, 7) is 0.375. The fourth-order valence-corrected chi connectivity index (χ4v) is 1.33. The predicted octanol–water partition coefficient (Wildman–Crippen LogP) is 2.48. The molecular weight excluding hydrogens is 204 g/mol. The molecule has 0 bridgehead atoms. The number of benzene rings is 2. The highest BCUT2D eigenvalue weighted by Crippen LogP contribution is 2.25. The molecule has 3 heteroatoms. The van der Waals surface area contributed by atoms with E-state index in [0.717, 1.165) is 5.56 Å². The van der Waals surface area contributed by atoms with E-state index in [4.69, 9.17) is 4.74 Å². The molecule has 2 N–H and O–H groups in total. The van der Waals surface area contributed by atoms with Gasteiger partial charge in [-0.05, 0) is 5.56 Å². The van der Waals surface area contributed by atoms with Crippen LogP contribution in [0.3, 0.4) is 0 Å². The molecule has 81 valence electrons. The average Bonchev–Trinajstić information content (AvgIpc) is 2.27. The van der Waals surface area contributed by atoms with Crippen LogP contribution in [0, 0.1) is 6.07 Å². The van der Waals surface area contributed by atoms with Crippen molar-refractivity contribution in [3.8, 4) is 17.2 Å². The largest absolute Gasteiger partial charge is 0.508 e. The first-order valence-electron chi connectivity index (χ1n) is 4.86. The standard InChI is InChI=1S/C13H11O3/c14-11-6-12(15)8-13(7-11)16-9-10-4-2-1-3-5-10/h1-7,14-15H,9H2. The monoisotopic (exact) mass is 215 g/mol. The molecule has 0 amide bonds. The topological polar surface area (TPSA) is 49.7 Å². The van der Waals surface area contributed by atoms with Gasteiger partial charge >= 0.3 is 0 Å². The van der Waals surface area contributed by atoms with Gasteiger partial charge in [-0.25, -0.2) is 0 Å². The third kappa shape index (κ3) is 2.67. The van der Waals surface area contributed by atoms with E-state index in [0.29, 0.717) is 12.4 Å². The van der Waals surface area contributed by atoms with Crippen molar-refractivity contribution in [2.75, 3.05) is 0 Å². The predicted molar refractivity (Wildman–Crippen MR) is 59.4 cm³/mol. The van der Waals surface area contributed by atoms with Crippen LogP contribution >= 0.6 is 0 Å². The first-order chi connectivity index (χ1) is 7.74. The lowest BCUT2D eigenvalue weighted by Gasteiger charge is -2.06. The summed E-state index contributed by atoms with van der Waals surface area (Å²) in [6.07, 6.45) is 0. The van der Waals surface area contributed by atoms with Crippen molar-refractivity contribution in [1.82, 2.24) is 0 Å². The Kier molecular flexibility index (Phi) is 2.96. The van der Waals surface area contributed by atoms with Crippen molar-refractivity contribution in [3.05, 3.63) is 54.1 Å². The molecule has 0 aliphatic heterocycles. The van der Waals surface area contributed by atoms with Crippen LogP contribution < -0.4 is 4.74 Å². The summed E-state index contributed by atoms with van der Waals surface area (Å²) in [7, 11) is 0. The van der Waals surface area contributed by atoms with Gasteiger partial charge in [-0.2, -0.15) is 0 Å². The molecule has 0 spiro atoms. The van der Waals surface area contributed by atoms with E-state index in [-0.39, 0.29) is 11.5 Å². The van der Waals surface area contributed by atoms with Crippen molar-refractivity contribution >= 4 is 0 Å². The number of ether oxygens (including phenoxy) is 1. The molecule has 2 rings (SSSR count). The summed E-state index contributed by atoms with van der Waals surface area (Å²) in [5.74, 6) is 0.142. The maximum absolute atomic E-state index is 9.23. The highest BCUT2D eigenvalue weighted by molar-refractivity contribution is 5.39. The zero-order valence-corrected chi connectivity index (χ0v) is 8.55. The SMILES string of the molecule is Oc1[c]c(OCc2ccccc2)cc(O)c1. The van der Waals surface area contributed by atoms with E-state index in [1.165, 1.54) is 12.1 Å². The van der Waals surface area contributed by atoms with Gasteiger partial charge < -0.3 is 14.9 Å². The Hall–Kier alpha value is -2.16. The van der Waals surface area contributed by atoms with Crippen molar-refractivity contribution in [1.29, 1.82) is 0 Å². The molecule has 1 radical (unpaired) electrons. The number of rotatable bonds is 3. The van der Waals surface area contributed by atoms with Crippen LogP contribution in [0.15, 0.2) is 42.5 Å². The average molecular weight is 215 g/mol. The lowest BCUT2D eigenvalue weighted by atomic mass is 10.2. The van der Waals surface area contributed by atoms with E-state index >= 15 is 0 Å². The minimum atomic E-state index is -0.136. The molecule has 16 heavy (non-hydrogen) atoms. The first kappa shape index (κ1) is 10.4. The van der Waals surface area contributed by atoms with Crippen LogP contribution in [0.1, 0.15) is 5.56 Å². The fraction of sp³-hybridized carbons (Fsp3) is 0.0769. The highest BCUT2D eigenvalue weighted by Gasteiger charge is 2.01. The number of hydrogen-bond donors (Lipinski definition) is 2. The van der Waals surface area contributed by atoms with Gasteiger partial charge in [0.2, 0.25) is 0 Å². The molecule has 2 aromatic carbocycles. The van der Waals surface area contributed by atoms with E-state index in [2.05, 4.69) is 6.07 Å². The molecule has 0 atom stereocenters. The quantitative estimate of drug-likeness (QED) is 0.826. The van der Waals surface area contributed by atoms with E-state index in [9.17, 15) is 10.2 Å². The molecule has 3 nitrogen and oxygen atoms in total. The van der Waals surface area contributed by atoms with E-state index in [1.807, 2.05) is 30.3 Å². The summed E-state index contributed by atoms with van der Waals surface area (Å²) in [5, 5.41) is 18.4. The van der Waals surface area contributed by atoms with Crippen molar-refractivity contribution in [2.24, 2.45) is 0 Å². The second-order valence-electron chi connectivity index (χ2n) is 3.36. The number of phenols is 2. The molecule has 0 saturated carbocycles. The van der Waals surface area contributed by atoms with Gasteiger partial charge in [0, 0.05) is 12.1 Å². The lowest BCUT2D eigenvalue weighted by molar-refractivity contribution is 0.301. The molecule has 0 saturated heterocycles. The third-order valence-electron chi connectivity index (χ3n) is 2.05. The van der Waals surface area contributed by atoms with Crippen molar-refractivity contribution in [2.45, 2.75) is 6.61 Å². The Bertz CT molecular complexity index is 446. The summed E-state index contributed by atoms with van der Waals surface area (Å²) in [5.41, 5.74) is 1.01. The molecule has 0 fully saturated rings. The Labute approximate surface area is 93.6 Å². The summed E-state index contributed by atoms with van der Waals surface area (Å²) in [4.78, 5) is 0.